The zero-order valence-corrected chi connectivity index (χ0v) is 16.9. The highest BCUT2D eigenvalue weighted by Gasteiger charge is 2.32. The van der Waals surface area contributed by atoms with Crippen molar-refractivity contribution in [2.75, 3.05) is 24.9 Å². The Balaban J connectivity index is 1.78. The van der Waals surface area contributed by atoms with E-state index in [9.17, 15) is 8.42 Å². The number of thioether (sulfide) groups is 1. The van der Waals surface area contributed by atoms with Crippen LogP contribution in [0, 0.1) is 0 Å². The number of rotatable bonds is 7. The first-order valence-electron chi connectivity index (χ1n) is 8.69. The molecule has 3 rings (SSSR count). The van der Waals surface area contributed by atoms with Gasteiger partial charge in [0.05, 0.1) is 18.6 Å². The molecule has 4 nitrogen and oxygen atoms in total. The minimum atomic E-state index is -2.91. The molecule has 0 unspecified atom stereocenters. The van der Waals surface area contributed by atoms with Crippen molar-refractivity contribution in [1.82, 2.24) is 4.90 Å². The van der Waals surface area contributed by atoms with E-state index >= 15 is 0 Å². The molecule has 1 aliphatic heterocycles. The van der Waals surface area contributed by atoms with Gasteiger partial charge in [-0.3, -0.25) is 4.90 Å². The van der Waals surface area contributed by atoms with Gasteiger partial charge in [0.2, 0.25) is 0 Å². The van der Waals surface area contributed by atoms with Gasteiger partial charge in [-0.1, -0.05) is 24.3 Å². The maximum atomic E-state index is 12.0. The quantitative estimate of drug-likeness (QED) is 0.675. The van der Waals surface area contributed by atoms with Crippen LogP contribution in [-0.2, 0) is 22.9 Å². The van der Waals surface area contributed by atoms with Crippen molar-refractivity contribution in [3.8, 4) is 5.75 Å². The van der Waals surface area contributed by atoms with Gasteiger partial charge in [0.15, 0.2) is 9.84 Å². The maximum Gasteiger partial charge on any atom is 0.151 e. The van der Waals surface area contributed by atoms with Crippen molar-refractivity contribution in [3.05, 3.63) is 59.7 Å². The Morgan fingerprint density at radius 2 is 1.62 bits per heavy atom. The third kappa shape index (κ3) is 5.02. The topological polar surface area (TPSA) is 46.6 Å². The molecule has 0 amide bonds. The molecule has 0 N–H and O–H groups in total. The van der Waals surface area contributed by atoms with Crippen LogP contribution >= 0.6 is 11.8 Å². The van der Waals surface area contributed by atoms with E-state index in [2.05, 4.69) is 35.4 Å². The molecule has 1 atom stereocenters. The first-order valence-corrected chi connectivity index (χ1v) is 11.7. The first-order chi connectivity index (χ1) is 12.5. The molecule has 2 aromatic rings. The third-order valence-corrected chi connectivity index (χ3v) is 7.31. The molecule has 1 saturated heterocycles. The summed E-state index contributed by atoms with van der Waals surface area (Å²) in [5.74, 6) is 1.38. The molecule has 0 radical (unpaired) electrons. The second kappa shape index (κ2) is 8.46. The predicted octanol–water partition coefficient (Wildman–Crippen LogP) is 3.61. The molecule has 1 aliphatic rings. The second-order valence-corrected chi connectivity index (χ2v) is 9.77. The Morgan fingerprint density at radius 3 is 2.08 bits per heavy atom. The highest BCUT2D eigenvalue weighted by atomic mass is 32.2. The van der Waals surface area contributed by atoms with Gasteiger partial charge in [-0.05, 0) is 48.1 Å². The lowest BCUT2D eigenvalue weighted by atomic mass is 10.1. The van der Waals surface area contributed by atoms with E-state index in [0.29, 0.717) is 12.2 Å². The third-order valence-electron chi connectivity index (χ3n) is 4.81. The number of methoxy groups -OCH3 is 1. The Morgan fingerprint density at radius 1 is 1.04 bits per heavy atom. The van der Waals surface area contributed by atoms with Crippen LogP contribution in [-0.4, -0.2) is 44.2 Å². The molecule has 0 saturated carbocycles. The van der Waals surface area contributed by atoms with E-state index in [-0.39, 0.29) is 11.8 Å². The van der Waals surface area contributed by atoms with Crippen molar-refractivity contribution in [2.45, 2.75) is 30.4 Å². The van der Waals surface area contributed by atoms with Crippen LogP contribution in [0.4, 0.5) is 0 Å². The second-order valence-electron chi connectivity index (χ2n) is 6.66. The molecule has 140 valence electrons. The summed E-state index contributed by atoms with van der Waals surface area (Å²) in [6, 6.07) is 16.6. The molecule has 1 heterocycles. The van der Waals surface area contributed by atoms with E-state index in [1.807, 2.05) is 24.3 Å². The lowest BCUT2D eigenvalue weighted by molar-refractivity contribution is 0.194. The highest BCUT2D eigenvalue weighted by Crippen LogP contribution is 2.24. The number of ether oxygens (including phenoxy) is 1. The lowest BCUT2D eigenvalue weighted by Crippen LogP contribution is -2.35. The van der Waals surface area contributed by atoms with Crippen LogP contribution in [0.5, 0.6) is 5.75 Å². The summed E-state index contributed by atoms with van der Waals surface area (Å²) in [7, 11) is -1.26. The summed E-state index contributed by atoms with van der Waals surface area (Å²) in [6.07, 6.45) is 2.77. The number of hydrogen-bond acceptors (Lipinski definition) is 5. The molecular weight excluding hydrogens is 366 g/mol. The van der Waals surface area contributed by atoms with Crippen LogP contribution in [0.1, 0.15) is 17.5 Å². The molecule has 0 bridgehead atoms. The summed E-state index contributed by atoms with van der Waals surface area (Å²) >= 11 is 1.72. The van der Waals surface area contributed by atoms with Crippen molar-refractivity contribution in [1.29, 1.82) is 0 Å². The molecule has 2 aromatic carbocycles. The molecule has 1 fully saturated rings. The van der Waals surface area contributed by atoms with Crippen molar-refractivity contribution in [2.24, 2.45) is 0 Å². The monoisotopic (exact) mass is 391 g/mol. The lowest BCUT2D eigenvalue weighted by Gasteiger charge is -2.28. The summed E-state index contributed by atoms with van der Waals surface area (Å²) in [5, 5.41) is 0. The van der Waals surface area contributed by atoms with Crippen LogP contribution < -0.4 is 4.74 Å². The Labute approximate surface area is 160 Å². The fraction of sp³-hybridized carbons (Fsp3) is 0.400. The maximum absolute atomic E-state index is 12.0. The summed E-state index contributed by atoms with van der Waals surface area (Å²) < 4.78 is 29.2. The van der Waals surface area contributed by atoms with E-state index in [1.165, 1.54) is 10.5 Å². The fourth-order valence-corrected chi connectivity index (χ4v) is 5.48. The fourth-order valence-electron chi connectivity index (χ4n) is 3.31. The van der Waals surface area contributed by atoms with Gasteiger partial charge < -0.3 is 4.74 Å². The van der Waals surface area contributed by atoms with Gasteiger partial charge in [-0.15, -0.1) is 11.8 Å². The number of hydrogen-bond donors (Lipinski definition) is 0. The van der Waals surface area contributed by atoms with Gasteiger partial charge >= 0.3 is 0 Å². The van der Waals surface area contributed by atoms with E-state index < -0.39 is 9.84 Å². The molecule has 0 spiro atoms. The van der Waals surface area contributed by atoms with Crippen LogP contribution in [0.2, 0.25) is 0 Å². The molecule has 6 heteroatoms. The standard InChI is InChI=1S/C20H25NO3S2/c1-24-19-7-3-16(4-8-19)13-21(18-11-12-26(22,23)15-18)14-17-5-9-20(25-2)10-6-17/h3-10,18H,11-15H2,1-2H3/t18-/m1/s1. The van der Waals surface area contributed by atoms with Gasteiger partial charge in [-0.2, -0.15) is 0 Å². The Bertz CT molecular complexity index is 768. The SMILES string of the molecule is COc1ccc(CN(Cc2ccc(SC)cc2)[C@@H]2CCS(=O)(=O)C2)cc1. The molecule has 0 aliphatic carbocycles. The molecule has 26 heavy (non-hydrogen) atoms. The molecular formula is C20H25NO3S2. The van der Waals surface area contributed by atoms with Crippen molar-refractivity contribution < 1.29 is 13.2 Å². The number of benzene rings is 2. The average molecular weight is 392 g/mol. The predicted molar refractivity (Wildman–Crippen MR) is 108 cm³/mol. The summed E-state index contributed by atoms with van der Waals surface area (Å²) in [5.41, 5.74) is 2.37. The zero-order valence-electron chi connectivity index (χ0n) is 15.2. The van der Waals surface area contributed by atoms with Crippen LogP contribution in [0.15, 0.2) is 53.4 Å². The smallest absolute Gasteiger partial charge is 0.151 e. The minimum Gasteiger partial charge on any atom is -0.497 e. The van der Waals surface area contributed by atoms with Crippen LogP contribution in [0.25, 0.3) is 0 Å². The van der Waals surface area contributed by atoms with E-state index in [4.69, 9.17) is 4.74 Å². The minimum absolute atomic E-state index is 0.0716. The summed E-state index contributed by atoms with van der Waals surface area (Å²) in [4.78, 5) is 3.53. The normalized spacial score (nSPS) is 19.0. The largest absolute Gasteiger partial charge is 0.497 e. The Kier molecular flexibility index (Phi) is 6.27. The number of nitrogens with zero attached hydrogens (tertiary/aromatic N) is 1. The molecule has 0 aromatic heterocycles. The van der Waals surface area contributed by atoms with Crippen LogP contribution in [0.3, 0.4) is 0 Å². The average Bonchev–Trinajstić information content (AvgIpc) is 3.02. The Hall–Kier alpha value is -1.50. The first kappa shape index (κ1) is 19.3. The van der Waals surface area contributed by atoms with Gasteiger partial charge in [-0.25, -0.2) is 8.42 Å². The van der Waals surface area contributed by atoms with E-state index in [0.717, 1.165) is 24.4 Å². The van der Waals surface area contributed by atoms with Gasteiger partial charge in [0.1, 0.15) is 5.75 Å². The summed E-state index contributed by atoms with van der Waals surface area (Å²) in [6.45, 7) is 1.48. The zero-order chi connectivity index (χ0) is 18.6. The highest BCUT2D eigenvalue weighted by molar-refractivity contribution is 7.98. The van der Waals surface area contributed by atoms with Gasteiger partial charge in [0.25, 0.3) is 0 Å². The number of sulfone groups is 1. The van der Waals surface area contributed by atoms with Crippen molar-refractivity contribution in [3.63, 3.8) is 0 Å². The van der Waals surface area contributed by atoms with Crippen molar-refractivity contribution >= 4 is 21.6 Å². The van der Waals surface area contributed by atoms with Gasteiger partial charge in [0, 0.05) is 24.0 Å². The van der Waals surface area contributed by atoms with E-state index in [1.54, 1.807) is 18.9 Å².